The van der Waals surface area contributed by atoms with Gasteiger partial charge in [-0.05, 0) is 30.6 Å². The van der Waals surface area contributed by atoms with E-state index in [0.717, 1.165) is 32.5 Å². The third kappa shape index (κ3) is 1.46. The summed E-state index contributed by atoms with van der Waals surface area (Å²) < 4.78 is 5.38. The molecule has 13 heavy (non-hydrogen) atoms. The fourth-order valence-electron chi connectivity index (χ4n) is 2.46. The lowest BCUT2D eigenvalue weighted by molar-refractivity contribution is -0.140. The molecule has 0 spiro atoms. The van der Waals surface area contributed by atoms with Gasteiger partial charge in [-0.2, -0.15) is 0 Å². The SMILES string of the molecule is CC1(C2CCCOC2)CC1C(=O)O. The van der Waals surface area contributed by atoms with Crippen LogP contribution in [0, 0.1) is 17.3 Å². The van der Waals surface area contributed by atoms with Crippen LogP contribution < -0.4 is 0 Å². The Morgan fingerprint density at radius 1 is 1.62 bits per heavy atom. The van der Waals surface area contributed by atoms with Crippen molar-refractivity contribution in [1.29, 1.82) is 0 Å². The summed E-state index contributed by atoms with van der Waals surface area (Å²) in [4.78, 5) is 10.8. The van der Waals surface area contributed by atoms with Crippen molar-refractivity contribution in [2.24, 2.45) is 17.3 Å². The first-order valence-electron chi connectivity index (χ1n) is 4.95. The second kappa shape index (κ2) is 2.98. The Kier molecular flexibility index (Phi) is 2.06. The van der Waals surface area contributed by atoms with Crippen molar-refractivity contribution in [2.45, 2.75) is 26.2 Å². The van der Waals surface area contributed by atoms with Gasteiger partial charge < -0.3 is 9.84 Å². The van der Waals surface area contributed by atoms with E-state index in [1.807, 2.05) is 0 Å². The molecule has 3 nitrogen and oxygen atoms in total. The first-order chi connectivity index (χ1) is 6.14. The Balaban J connectivity index is 1.97. The van der Waals surface area contributed by atoms with Crippen molar-refractivity contribution in [3.8, 4) is 0 Å². The van der Waals surface area contributed by atoms with Crippen molar-refractivity contribution in [1.82, 2.24) is 0 Å². The average Bonchev–Trinajstić information content (AvgIpc) is 2.82. The topological polar surface area (TPSA) is 46.5 Å². The Bertz CT molecular complexity index is 220. The van der Waals surface area contributed by atoms with Gasteiger partial charge in [-0.1, -0.05) is 6.92 Å². The molecule has 1 aliphatic carbocycles. The van der Waals surface area contributed by atoms with Gasteiger partial charge >= 0.3 is 5.97 Å². The van der Waals surface area contributed by atoms with E-state index < -0.39 is 5.97 Å². The predicted octanol–water partition coefficient (Wildman–Crippen LogP) is 1.52. The predicted molar refractivity (Wildman–Crippen MR) is 47.4 cm³/mol. The second-order valence-corrected chi connectivity index (χ2v) is 4.51. The van der Waals surface area contributed by atoms with Crippen LogP contribution in [0.3, 0.4) is 0 Å². The minimum atomic E-state index is -0.631. The summed E-state index contributed by atoms with van der Waals surface area (Å²) in [5, 5.41) is 8.88. The maximum atomic E-state index is 10.8. The van der Waals surface area contributed by atoms with Crippen LogP contribution in [-0.2, 0) is 9.53 Å². The van der Waals surface area contributed by atoms with Gasteiger partial charge in [0.2, 0.25) is 0 Å². The molecule has 0 aromatic rings. The molecule has 74 valence electrons. The number of carboxylic acid groups (broad SMARTS) is 1. The Morgan fingerprint density at radius 3 is 2.85 bits per heavy atom. The van der Waals surface area contributed by atoms with Crippen LogP contribution >= 0.6 is 0 Å². The van der Waals surface area contributed by atoms with E-state index in [1.54, 1.807) is 0 Å². The maximum absolute atomic E-state index is 10.8. The number of hydrogen-bond acceptors (Lipinski definition) is 2. The van der Waals surface area contributed by atoms with E-state index in [1.165, 1.54) is 0 Å². The van der Waals surface area contributed by atoms with Crippen LogP contribution in [0.2, 0.25) is 0 Å². The molecular formula is C10H16O3. The van der Waals surface area contributed by atoms with E-state index in [0.29, 0.717) is 5.92 Å². The van der Waals surface area contributed by atoms with E-state index in [4.69, 9.17) is 9.84 Å². The van der Waals surface area contributed by atoms with Crippen LogP contribution in [-0.4, -0.2) is 24.3 Å². The van der Waals surface area contributed by atoms with Crippen molar-refractivity contribution in [2.75, 3.05) is 13.2 Å². The second-order valence-electron chi connectivity index (χ2n) is 4.51. The quantitative estimate of drug-likeness (QED) is 0.707. The Hall–Kier alpha value is -0.570. The molecule has 1 saturated carbocycles. The van der Waals surface area contributed by atoms with E-state index >= 15 is 0 Å². The highest BCUT2D eigenvalue weighted by atomic mass is 16.5. The molecule has 3 heteroatoms. The van der Waals surface area contributed by atoms with E-state index in [-0.39, 0.29) is 11.3 Å². The number of ether oxygens (including phenoxy) is 1. The molecule has 1 heterocycles. The molecule has 0 radical (unpaired) electrons. The molecule has 2 aliphatic rings. The third-order valence-electron chi connectivity index (χ3n) is 3.67. The average molecular weight is 184 g/mol. The fourth-order valence-corrected chi connectivity index (χ4v) is 2.46. The zero-order valence-corrected chi connectivity index (χ0v) is 7.95. The highest BCUT2D eigenvalue weighted by Gasteiger charge is 2.59. The number of carboxylic acids is 1. The van der Waals surface area contributed by atoms with E-state index in [9.17, 15) is 4.79 Å². The summed E-state index contributed by atoms with van der Waals surface area (Å²) in [5.41, 5.74) is 0.0340. The van der Waals surface area contributed by atoms with Crippen LogP contribution in [0.4, 0.5) is 0 Å². The minimum absolute atomic E-state index is 0.0340. The summed E-state index contributed by atoms with van der Waals surface area (Å²) in [6.45, 7) is 3.70. The van der Waals surface area contributed by atoms with Gasteiger partial charge in [0.25, 0.3) is 0 Å². The van der Waals surface area contributed by atoms with Gasteiger partial charge in [0.05, 0.1) is 5.92 Å². The molecule has 1 N–H and O–H groups in total. The molecule has 0 amide bonds. The van der Waals surface area contributed by atoms with Crippen LogP contribution in [0.15, 0.2) is 0 Å². The summed E-state index contributed by atoms with van der Waals surface area (Å²) in [6, 6.07) is 0. The zero-order valence-electron chi connectivity index (χ0n) is 7.95. The summed E-state index contributed by atoms with van der Waals surface area (Å²) in [5.74, 6) is -0.269. The van der Waals surface area contributed by atoms with Gasteiger partial charge in [-0.15, -0.1) is 0 Å². The van der Waals surface area contributed by atoms with Gasteiger partial charge in [0.1, 0.15) is 0 Å². The largest absolute Gasteiger partial charge is 0.481 e. The normalized spacial score (nSPS) is 44.4. The Labute approximate surface area is 78.1 Å². The molecular weight excluding hydrogens is 168 g/mol. The molecule has 2 rings (SSSR count). The fraction of sp³-hybridized carbons (Fsp3) is 0.900. The molecule has 3 unspecified atom stereocenters. The maximum Gasteiger partial charge on any atom is 0.307 e. The number of aliphatic carboxylic acids is 1. The van der Waals surface area contributed by atoms with Crippen LogP contribution in [0.5, 0.6) is 0 Å². The minimum Gasteiger partial charge on any atom is -0.481 e. The van der Waals surface area contributed by atoms with Crippen molar-refractivity contribution in [3.63, 3.8) is 0 Å². The molecule has 1 saturated heterocycles. The number of rotatable bonds is 2. The molecule has 0 aromatic heterocycles. The first kappa shape index (κ1) is 9.00. The monoisotopic (exact) mass is 184 g/mol. The summed E-state index contributed by atoms with van der Waals surface area (Å²) in [6.07, 6.45) is 3.07. The summed E-state index contributed by atoms with van der Waals surface area (Å²) in [7, 11) is 0. The third-order valence-corrected chi connectivity index (χ3v) is 3.67. The lowest BCUT2D eigenvalue weighted by Gasteiger charge is -2.28. The number of hydrogen-bond donors (Lipinski definition) is 1. The van der Waals surface area contributed by atoms with Crippen molar-refractivity contribution in [3.05, 3.63) is 0 Å². The van der Waals surface area contributed by atoms with Crippen LogP contribution in [0.1, 0.15) is 26.2 Å². The van der Waals surface area contributed by atoms with Crippen LogP contribution in [0.25, 0.3) is 0 Å². The van der Waals surface area contributed by atoms with Gasteiger partial charge in [-0.25, -0.2) is 0 Å². The van der Waals surface area contributed by atoms with Gasteiger partial charge in [0.15, 0.2) is 0 Å². The molecule has 3 atom stereocenters. The first-order valence-corrected chi connectivity index (χ1v) is 4.95. The van der Waals surface area contributed by atoms with Crippen molar-refractivity contribution < 1.29 is 14.6 Å². The highest BCUT2D eigenvalue weighted by molar-refractivity contribution is 5.74. The van der Waals surface area contributed by atoms with Crippen molar-refractivity contribution >= 4 is 5.97 Å². The van der Waals surface area contributed by atoms with E-state index in [2.05, 4.69) is 6.92 Å². The lowest BCUT2D eigenvalue weighted by Crippen LogP contribution is -2.27. The molecule has 2 fully saturated rings. The van der Waals surface area contributed by atoms with Gasteiger partial charge in [-0.3, -0.25) is 4.79 Å². The van der Waals surface area contributed by atoms with Gasteiger partial charge in [0, 0.05) is 13.2 Å². The smallest absolute Gasteiger partial charge is 0.307 e. The zero-order chi connectivity index (χ0) is 9.47. The summed E-state index contributed by atoms with van der Waals surface area (Å²) >= 11 is 0. The standard InChI is InChI=1S/C10H16O3/c1-10(5-8(10)9(11)12)7-3-2-4-13-6-7/h7-8H,2-6H2,1H3,(H,11,12). The highest BCUT2D eigenvalue weighted by Crippen LogP contribution is 2.59. The molecule has 1 aliphatic heterocycles. The molecule has 0 aromatic carbocycles. The Morgan fingerprint density at radius 2 is 2.38 bits per heavy atom. The number of carbonyl (C=O) groups is 1. The lowest BCUT2D eigenvalue weighted by atomic mass is 9.84. The molecule has 0 bridgehead atoms.